The number of hydrogen-bond donors (Lipinski definition) is 0. The monoisotopic (exact) mass is 380 g/mol. The van der Waals surface area contributed by atoms with Gasteiger partial charge < -0.3 is 18.5 Å². The standard InChI is InChI=1S/C21H20N2O5/c1-15-5-6-18-16(13-27-19(18)10-15)11-21(25)28-14-20(24)23(8-3-7-22)12-17-4-2-9-26-17/h2,4-6,9-10,13H,3,8,11-12,14H2,1H3. The molecule has 2 aromatic heterocycles. The van der Waals surface area contributed by atoms with Gasteiger partial charge in [0.05, 0.1) is 38.0 Å². The summed E-state index contributed by atoms with van der Waals surface area (Å²) in [6, 6.07) is 11.2. The maximum atomic E-state index is 12.4. The van der Waals surface area contributed by atoms with E-state index < -0.39 is 5.97 Å². The number of fused-ring (bicyclic) bond motifs is 1. The molecule has 0 radical (unpaired) electrons. The predicted molar refractivity (Wildman–Crippen MR) is 100.0 cm³/mol. The molecule has 3 rings (SSSR count). The minimum atomic E-state index is -0.519. The first-order valence-corrected chi connectivity index (χ1v) is 8.86. The summed E-state index contributed by atoms with van der Waals surface area (Å²) in [7, 11) is 0. The third kappa shape index (κ3) is 4.80. The molecule has 1 amide bonds. The Morgan fingerprint density at radius 2 is 2.11 bits per heavy atom. The van der Waals surface area contributed by atoms with E-state index in [0.717, 1.165) is 10.9 Å². The van der Waals surface area contributed by atoms with Gasteiger partial charge in [0.2, 0.25) is 0 Å². The van der Waals surface area contributed by atoms with Crippen LogP contribution in [0, 0.1) is 18.3 Å². The van der Waals surface area contributed by atoms with Crippen LogP contribution in [0.3, 0.4) is 0 Å². The fourth-order valence-electron chi connectivity index (χ4n) is 2.83. The number of furan rings is 2. The summed E-state index contributed by atoms with van der Waals surface area (Å²) in [5.74, 6) is -0.305. The number of nitrogens with zero attached hydrogens (tertiary/aromatic N) is 2. The molecule has 7 heteroatoms. The van der Waals surface area contributed by atoms with Crippen LogP contribution in [0.2, 0.25) is 0 Å². The lowest BCUT2D eigenvalue weighted by Gasteiger charge is -2.20. The Morgan fingerprint density at radius 1 is 1.25 bits per heavy atom. The van der Waals surface area contributed by atoms with Crippen LogP contribution >= 0.6 is 0 Å². The van der Waals surface area contributed by atoms with Crippen molar-refractivity contribution in [2.24, 2.45) is 0 Å². The molecule has 28 heavy (non-hydrogen) atoms. The van der Waals surface area contributed by atoms with Crippen molar-refractivity contribution >= 4 is 22.8 Å². The highest BCUT2D eigenvalue weighted by atomic mass is 16.5. The number of ether oxygens (including phenoxy) is 1. The van der Waals surface area contributed by atoms with Crippen LogP contribution in [0.5, 0.6) is 0 Å². The van der Waals surface area contributed by atoms with Crippen molar-refractivity contribution in [2.45, 2.75) is 26.3 Å². The van der Waals surface area contributed by atoms with E-state index in [1.165, 1.54) is 17.4 Å². The van der Waals surface area contributed by atoms with Gasteiger partial charge in [-0.15, -0.1) is 0 Å². The van der Waals surface area contributed by atoms with Crippen molar-refractivity contribution in [1.82, 2.24) is 4.90 Å². The second-order valence-corrected chi connectivity index (χ2v) is 6.40. The van der Waals surface area contributed by atoms with E-state index in [0.29, 0.717) is 16.9 Å². The van der Waals surface area contributed by atoms with E-state index in [4.69, 9.17) is 18.8 Å². The number of carbonyl (C=O) groups is 2. The summed E-state index contributed by atoms with van der Waals surface area (Å²) in [4.78, 5) is 26.0. The van der Waals surface area contributed by atoms with Crippen molar-refractivity contribution in [3.63, 3.8) is 0 Å². The lowest BCUT2D eigenvalue weighted by Crippen LogP contribution is -2.35. The smallest absolute Gasteiger partial charge is 0.310 e. The van der Waals surface area contributed by atoms with Gasteiger partial charge in [0.1, 0.15) is 11.3 Å². The molecule has 0 aliphatic carbocycles. The number of nitriles is 1. The molecule has 0 unspecified atom stereocenters. The topological polar surface area (TPSA) is 96.7 Å². The zero-order chi connectivity index (χ0) is 19.9. The second-order valence-electron chi connectivity index (χ2n) is 6.40. The Hall–Kier alpha value is -3.53. The predicted octanol–water partition coefficient (Wildman–Crippen LogP) is 3.36. The number of hydrogen-bond acceptors (Lipinski definition) is 6. The zero-order valence-electron chi connectivity index (χ0n) is 15.5. The summed E-state index contributed by atoms with van der Waals surface area (Å²) in [5.41, 5.74) is 2.49. The average molecular weight is 380 g/mol. The summed E-state index contributed by atoms with van der Waals surface area (Å²) in [6.07, 6.45) is 3.24. The van der Waals surface area contributed by atoms with E-state index in [9.17, 15) is 9.59 Å². The molecule has 7 nitrogen and oxygen atoms in total. The Bertz CT molecular complexity index is 998. The lowest BCUT2D eigenvalue weighted by molar-refractivity contribution is -0.151. The summed E-state index contributed by atoms with van der Waals surface area (Å²) >= 11 is 0. The second kappa shape index (κ2) is 8.91. The van der Waals surface area contributed by atoms with Gasteiger partial charge in [-0.05, 0) is 30.7 Å². The van der Waals surface area contributed by atoms with E-state index in [1.54, 1.807) is 12.1 Å². The zero-order valence-corrected chi connectivity index (χ0v) is 15.5. The van der Waals surface area contributed by atoms with Gasteiger partial charge in [-0.3, -0.25) is 9.59 Å². The average Bonchev–Trinajstić information content (AvgIpc) is 3.33. The molecule has 3 aromatic rings. The molecule has 144 valence electrons. The first kappa shape index (κ1) is 19.2. The highest BCUT2D eigenvalue weighted by molar-refractivity contribution is 5.87. The fourth-order valence-corrected chi connectivity index (χ4v) is 2.83. The van der Waals surface area contributed by atoms with E-state index in [1.807, 2.05) is 31.2 Å². The SMILES string of the molecule is Cc1ccc2c(CC(=O)OCC(=O)N(CCC#N)Cc3ccco3)coc2c1. The van der Waals surface area contributed by atoms with Crippen LogP contribution in [0.1, 0.15) is 23.3 Å². The molecule has 0 atom stereocenters. The molecule has 0 aliphatic rings. The van der Waals surface area contributed by atoms with Gasteiger partial charge in [-0.1, -0.05) is 12.1 Å². The summed E-state index contributed by atoms with van der Waals surface area (Å²) in [5, 5.41) is 9.63. The van der Waals surface area contributed by atoms with Crippen LogP contribution in [0.4, 0.5) is 0 Å². The Kier molecular flexibility index (Phi) is 6.12. The van der Waals surface area contributed by atoms with Crippen molar-refractivity contribution in [2.75, 3.05) is 13.2 Å². The molecule has 2 heterocycles. The first-order valence-electron chi connectivity index (χ1n) is 8.86. The highest BCUT2D eigenvalue weighted by Gasteiger charge is 2.18. The molecule has 0 saturated heterocycles. The maximum Gasteiger partial charge on any atom is 0.310 e. The molecule has 0 fully saturated rings. The minimum Gasteiger partial charge on any atom is -0.467 e. The van der Waals surface area contributed by atoms with Gasteiger partial charge in [-0.25, -0.2) is 0 Å². The van der Waals surface area contributed by atoms with Gasteiger partial charge in [0, 0.05) is 17.5 Å². The van der Waals surface area contributed by atoms with Crippen LogP contribution in [0.25, 0.3) is 11.0 Å². The van der Waals surface area contributed by atoms with Crippen molar-refractivity contribution < 1.29 is 23.2 Å². The summed E-state index contributed by atoms with van der Waals surface area (Å²) in [6.45, 7) is 2.03. The minimum absolute atomic E-state index is 0.0136. The number of rotatable bonds is 8. The van der Waals surface area contributed by atoms with Crippen molar-refractivity contribution in [1.29, 1.82) is 5.26 Å². The van der Waals surface area contributed by atoms with E-state index in [2.05, 4.69) is 0 Å². The van der Waals surface area contributed by atoms with Crippen molar-refractivity contribution in [3.05, 3.63) is 59.7 Å². The van der Waals surface area contributed by atoms with Crippen LogP contribution in [0.15, 0.2) is 51.7 Å². The normalized spacial score (nSPS) is 10.6. The molecule has 0 spiro atoms. The molecule has 0 saturated carbocycles. The molecule has 0 bridgehead atoms. The highest BCUT2D eigenvalue weighted by Crippen LogP contribution is 2.23. The first-order chi connectivity index (χ1) is 13.6. The van der Waals surface area contributed by atoms with Crippen LogP contribution in [-0.4, -0.2) is 29.9 Å². The van der Waals surface area contributed by atoms with Gasteiger partial charge in [-0.2, -0.15) is 5.26 Å². The third-order valence-electron chi connectivity index (χ3n) is 4.28. The number of amides is 1. The molecule has 0 N–H and O–H groups in total. The van der Waals surface area contributed by atoms with Gasteiger partial charge in [0.25, 0.3) is 5.91 Å². The van der Waals surface area contributed by atoms with Gasteiger partial charge in [0.15, 0.2) is 6.61 Å². The third-order valence-corrected chi connectivity index (χ3v) is 4.28. The Balaban J connectivity index is 1.57. The van der Waals surface area contributed by atoms with E-state index in [-0.39, 0.29) is 38.4 Å². The van der Waals surface area contributed by atoms with Crippen molar-refractivity contribution in [3.8, 4) is 6.07 Å². The van der Waals surface area contributed by atoms with E-state index >= 15 is 0 Å². The number of carbonyl (C=O) groups excluding carboxylic acids is 2. The van der Waals surface area contributed by atoms with Crippen LogP contribution < -0.4 is 0 Å². The fraction of sp³-hybridized carbons (Fsp3) is 0.286. The van der Waals surface area contributed by atoms with Crippen LogP contribution in [-0.2, 0) is 27.3 Å². The quantitative estimate of drug-likeness (QED) is 0.556. The Morgan fingerprint density at radius 3 is 2.86 bits per heavy atom. The lowest BCUT2D eigenvalue weighted by atomic mass is 10.1. The molecular formula is C21H20N2O5. The maximum absolute atomic E-state index is 12.4. The largest absolute Gasteiger partial charge is 0.467 e. The van der Waals surface area contributed by atoms with Gasteiger partial charge >= 0.3 is 5.97 Å². The Labute approximate surface area is 162 Å². The number of esters is 1. The number of aryl methyl sites for hydroxylation is 1. The summed E-state index contributed by atoms with van der Waals surface area (Å²) < 4.78 is 15.9. The molecular weight excluding hydrogens is 360 g/mol. The number of benzene rings is 1. The molecule has 1 aromatic carbocycles. The molecule has 0 aliphatic heterocycles.